The molecule has 0 radical (unpaired) electrons. The van der Waals surface area contributed by atoms with Gasteiger partial charge >= 0.3 is 5.97 Å². The number of carbonyl (C=O) groups is 5. The van der Waals surface area contributed by atoms with Gasteiger partial charge in [0.25, 0.3) is 0 Å². The summed E-state index contributed by atoms with van der Waals surface area (Å²) in [4.78, 5) is 72.2. The summed E-state index contributed by atoms with van der Waals surface area (Å²) in [7, 11) is 7.05. The molecule has 514 valence electrons. The molecule has 1 aromatic carbocycles. The molecule has 14 unspecified atom stereocenters. The number of rotatable bonds is 14. The van der Waals surface area contributed by atoms with Crippen molar-refractivity contribution in [2.75, 3.05) is 66.2 Å². The van der Waals surface area contributed by atoms with Crippen LogP contribution in [0.3, 0.4) is 0 Å². The Kier molecular flexibility index (Phi) is 32.4. The van der Waals surface area contributed by atoms with Gasteiger partial charge < -0.3 is 95.3 Å². The van der Waals surface area contributed by atoms with E-state index in [1.54, 1.807) is 141 Å². The van der Waals surface area contributed by atoms with Crippen LogP contribution in [-0.4, -0.2) is 254 Å². The topological polar surface area (TPSA) is 358 Å². The fourth-order valence-corrected chi connectivity index (χ4v) is 12.0. The highest BCUT2D eigenvalue weighted by Gasteiger charge is 2.52. The van der Waals surface area contributed by atoms with Crippen LogP contribution in [0.15, 0.2) is 109 Å². The summed E-state index contributed by atoms with van der Waals surface area (Å²) in [6, 6.07) is 5.69. The number of piperazine rings is 1. The minimum atomic E-state index is -2.31. The number of nitrogens with zero attached hydrogens (tertiary/aromatic N) is 3. The minimum Gasteiger partial charge on any atom is -0.461 e. The molecule has 4 aliphatic rings. The Balaban J connectivity index is 1.39. The van der Waals surface area contributed by atoms with Crippen LogP contribution < -0.4 is 10.6 Å². The third kappa shape index (κ3) is 26.3. The van der Waals surface area contributed by atoms with E-state index in [9.17, 15) is 75.0 Å². The quantitative estimate of drug-likeness (QED) is 0.0938. The third-order valence-electron chi connectivity index (χ3n) is 16.9. The molecule has 3 saturated heterocycles. The van der Waals surface area contributed by atoms with Crippen molar-refractivity contribution in [3.63, 3.8) is 0 Å². The van der Waals surface area contributed by atoms with Crippen LogP contribution >= 0.6 is 0 Å². The molecule has 5 rings (SSSR count). The number of aliphatic hydroxyl groups excluding tert-OH is 9. The van der Waals surface area contributed by atoms with Crippen molar-refractivity contribution in [1.82, 2.24) is 20.0 Å². The van der Waals surface area contributed by atoms with Crippen molar-refractivity contribution < 1.29 is 94.0 Å². The first-order valence-corrected chi connectivity index (χ1v) is 32.1. The molecule has 0 aromatic heterocycles. The number of benzene rings is 1. The van der Waals surface area contributed by atoms with Crippen molar-refractivity contribution in [3.05, 3.63) is 115 Å². The number of anilines is 1. The van der Waals surface area contributed by atoms with Gasteiger partial charge in [-0.05, 0) is 90.4 Å². The smallest absolute Gasteiger partial charge is 0.308 e. The lowest BCUT2D eigenvalue weighted by molar-refractivity contribution is -0.308. The molecule has 92 heavy (non-hydrogen) atoms. The molecular formula is C68H103N5O19. The number of amides is 2. The summed E-state index contributed by atoms with van der Waals surface area (Å²) in [5, 5.41) is 119. The standard InChI is InChI=1S/C68H103N5O19/c1-43-20-18-16-14-12-10-8-9-11-13-15-17-19-21-55(90-67-64(86)62(63(85)45(3)89-67)70-59(83)42-71(5)6)39-58-61(66(87)73-30-28-72(7)29-31-73)57(82)41-68(88,92-58)40-54(80)36-52(78)34-50(76)32-49(75)33-51(77)35-53(79)38-60(84)91-65(43)44(2)22-27-48(74)37-56(81)46-23-25-47(69-4)26-24-46/h8-21,23-26,43-45,48-50,52-55,57-58,61-65,67,69,74-76,78-80,82,85-86,88H,22,27-42H2,1-7H3,(H,70,83)/t43?,44?,45-,48?,49?,50?,52?,53?,54?,55?,57?,58?,61?,62+,63-,64+,65?,67+,68?/m1/s1. The highest BCUT2D eigenvalue weighted by atomic mass is 16.7. The monoisotopic (exact) mass is 1290 g/mol. The van der Waals surface area contributed by atoms with Gasteiger partial charge in [-0.1, -0.05) is 98.9 Å². The number of nitrogens with one attached hydrogen (secondary N) is 2. The number of hydrogen-bond acceptors (Lipinski definition) is 22. The van der Waals surface area contributed by atoms with Crippen molar-refractivity contribution in [2.24, 2.45) is 17.8 Å². The zero-order valence-electron chi connectivity index (χ0n) is 54.3. The number of Topliss-reactive ketones (excluding diaryl/α,β-unsaturated/α-hetero) is 2. The highest BCUT2D eigenvalue weighted by Crippen LogP contribution is 2.39. The van der Waals surface area contributed by atoms with E-state index in [0.29, 0.717) is 38.2 Å². The molecule has 24 nitrogen and oxygen atoms in total. The van der Waals surface area contributed by atoms with Gasteiger partial charge in [0.05, 0.1) is 86.0 Å². The Bertz CT molecular complexity index is 2680. The molecule has 4 heterocycles. The number of carbonyl (C=O) groups excluding carboxylic acids is 5. The van der Waals surface area contributed by atoms with Gasteiger partial charge in [0.15, 0.2) is 17.9 Å². The average Bonchev–Trinajstić information content (AvgIpc) is 0.799. The van der Waals surface area contributed by atoms with E-state index < -0.39 is 165 Å². The summed E-state index contributed by atoms with van der Waals surface area (Å²) in [5.41, 5.74) is 1.30. The molecule has 0 spiro atoms. The van der Waals surface area contributed by atoms with Crippen LogP contribution in [0, 0.1) is 17.8 Å². The van der Waals surface area contributed by atoms with Crippen LogP contribution in [-0.2, 0) is 38.1 Å². The lowest BCUT2D eigenvalue weighted by Gasteiger charge is -2.47. The number of aliphatic hydroxyl groups is 10. The van der Waals surface area contributed by atoms with E-state index in [0.717, 1.165) is 5.69 Å². The SMILES string of the molecule is CNc1ccc(C(=O)CC(O)CCC(C)C2OC(=O)CC(O)CC(=O)CC(O)CC(O)CC(O)CC(O)CC3(O)CC(O)C(C(=O)N4CCN(C)CC4)C(CC(O[C@@H]4O[C@H](C)[C@@H](O)[C@H](NC(=O)CN(C)C)[C@@H]4O)C=CC=CC=CC=CC=CC=CC=CC2C)O3)cc1. The summed E-state index contributed by atoms with van der Waals surface area (Å²) >= 11 is 0. The van der Waals surface area contributed by atoms with Crippen molar-refractivity contribution in [2.45, 2.75) is 195 Å². The van der Waals surface area contributed by atoms with Crippen molar-refractivity contribution >= 4 is 35.0 Å². The largest absolute Gasteiger partial charge is 0.461 e. The fraction of sp³-hybridized carbons (Fsp3) is 0.632. The van der Waals surface area contributed by atoms with Crippen LogP contribution in [0.5, 0.6) is 0 Å². The second kappa shape index (κ2) is 38.6. The summed E-state index contributed by atoms with van der Waals surface area (Å²) in [6.07, 6.45) is 2.55. The van der Waals surface area contributed by atoms with Gasteiger partial charge in [-0.25, -0.2) is 0 Å². The second-order valence-corrected chi connectivity index (χ2v) is 25.5. The van der Waals surface area contributed by atoms with Crippen LogP contribution in [0.25, 0.3) is 0 Å². The molecule has 12 N–H and O–H groups in total. The zero-order valence-corrected chi connectivity index (χ0v) is 54.3. The molecule has 4 aliphatic heterocycles. The molecular weight excluding hydrogens is 1190 g/mol. The molecule has 2 amide bonds. The van der Waals surface area contributed by atoms with E-state index in [1.165, 1.54) is 0 Å². The number of cyclic esters (lactones) is 1. The zero-order chi connectivity index (χ0) is 67.7. The fourth-order valence-electron chi connectivity index (χ4n) is 12.0. The Hall–Kier alpha value is -5.65. The lowest BCUT2D eigenvalue weighted by atomic mass is 9.81. The Morgan fingerprint density at radius 2 is 1.28 bits per heavy atom. The third-order valence-corrected chi connectivity index (χ3v) is 16.9. The molecule has 1 aromatic rings. The Morgan fingerprint density at radius 1 is 0.717 bits per heavy atom. The first-order valence-electron chi connectivity index (χ1n) is 32.1. The maximum absolute atomic E-state index is 14.5. The first-order chi connectivity index (χ1) is 43.6. The van der Waals surface area contributed by atoms with Crippen molar-refractivity contribution in [3.8, 4) is 0 Å². The molecule has 19 atom stereocenters. The maximum atomic E-state index is 14.5. The van der Waals surface area contributed by atoms with Gasteiger partial charge in [-0.2, -0.15) is 0 Å². The van der Waals surface area contributed by atoms with E-state index in [4.69, 9.17) is 18.9 Å². The molecule has 0 saturated carbocycles. The molecule has 3 fully saturated rings. The predicted molar refractivity (Wildman–Crippen MR) is 344 cm³/mol. The van der Waals surface area contributed by atoms with Crippen LogP contribution in [0.2, 0.25) is 0 Å². The van der Waals surface area contributed by atoms with Gasteiger partial charge in [0, 0.05) is 88.9 Å². The van der Waals surface area contributed by atoms with Gasteiger partial charge in [0.1, 0.15) is 24.1 Å². The molecule has 2 bridgehead atoms. The van der Waals surface area contributed by atoms with E-state index in [-0.39, 0.29) is 56.3 Å². The maximum Gasteiger partial charge on any atom is 0.308 e. The number of allylic oxidation sites excluding steroid dienone is 12. The predicted octanol–water partition coefficient (Wildman–Crippen LogP) is 2.15. The number of esters is 1. The first kappa shape index (κ1) is 77.1. The lowest BCUT2D eigenvalue weighted by Crippen LogP contribution is -2.64. The summed E-state index contributed by atoms with van der Waals surface area (Å²) < 4.78 is 24.8. The summed E-state index contributed by atoms with van der Waals surface area (Å²) in [6.45, 7) is 6.99. The number of likely N-dealkylation sites (N-methyl/N-ethyl adjacent to an activating group) is 2. The number of ketones is 2. The van der Waals surface area contributed by atoms with E-state index >= 15 is 0 Å². The van der Waals surface area contributed by atoms with Gasteiger partial charge in [-0.15, -0.1) is 0 Å². The molecule has 0 aliphatic carbocycles. The normalized spacial score (nSPS) is 33.4. The van der Waals surface area contributed by atoms with Crippen molar-refractivity contribution in [1.29, 1.82) is 0 Å². The summed E-state index contributed by atoms with van der Waals surface area (Å²) in [5.74, 6) is -6.85. The second-order valence-electron chi connectivity index (χ2n) is 25.5. The molecule has 24 heteroatoms. The van der Waals surface area contributed by atoms with E-state index in [1.807, 2.05) is 31.9 Å². The number of hydrogen-bond donors (Lipinski definition) is 12. The number of fused-ring (bicyclic) bond motifs is 2. The number of ether oxygens (including phenoxy) is 4. The van der Waals surface area contributed by atoms with Crippen LogP contribution in [0.4, 0.5) is 5.69 Å². The highest BCUT2D eigenvalue weighted by molar-refractivity contribution is 5.96. The minimum absolute atomic E-state index is 0.0466. The Morgan fingerprint density at radius 3 is 1.88 bits per heavy atom. The average molecular weight is 1290 g/mol. The van der Waals surface area contributed by atoms with Gasteiger partial charge in [-0.3, -0.25) is 24.0 Å². The van der Waals surface area contributed by atoms with Crippen LogP contribution in [0.1, 0.15) is 108 Å². The van der Waals surface area contributed by atoms with E-state index in [2.05, 4.69) is 10.6 Å². The van der Waals surface area contributed by atoms with Gasteiger partial charge in [0.2, 0.25) is 11.8 Å². The Labute approximate surface area is 541 Å².